The summed E-state index contributed by atoms with van der Waals surface area (Å²) in [7, 11) is 0. The topological polar surface area (TPSA) is 38.0 Å². The molecule has 0 saturated carbocycles. The van der Waals surface area contributed by atoms with Crippen molar-refractivity contribution in [3.05, 3.63) is 35.4 Å². The Morgan fingerprint density at radius 3 is 2.37 bits per heavy atom. The third kappa shape index (κ3) is 2.80. The van der Waals surface area contributed by atoms with Crippen molar-refractivity contribution in [3.63, 3.8) is 0 Å². The van der Waals surface area contributed by atoms with Crippen molar-refractivity contribution in [1.29, 1.82) is 0 Å². The predicted octanol–water partition coefficient (Wildman–Crippen LogP) is 3.93. The molecule has 0 radical (unpaired) electrons. The molecule has 2 aromatic rings. The van der Waals surface area contributed by atoms with E-state index in [2.05, 4.69) is 50.1 Å². The average molecular weight is 258 g/mol. The Morgan fingerprint density at radius 1 is 1.11 bits per heavy atom. The van der Waals surface area contributed by atoms with Gasteiger partial charge in [-0.1, -0.05) is 50.1 Å². The lowest BCUT2D eigenvalue weighted by molar-refractivity contribution is 0.392. The lowest BCUT2D eigenvalue weighted by Gasteiger charge is -2.02. The minimum absolute atomic E-state index is 0.333. The summed E-state index contributed by atoms with van der Waals surface area (Å²) in [6.07, 6.45) is 2.83. The molecular formula is C16H22N2O. The van der Waals surface area contributed by atoms with E-state index >= 15 is 0 Å². The number of aromatic nitrogens is 2. The van der Waals surface area contributed by atoms with E-state index in [1.807, 2.05) is 0 Å². The maximum Gasteiger partial charge on any atom is 0.213 e. The van der Waals surface area contributed by atoms with Gasteiger partial charge in [0.05, 0.1) is 5.69 Å². The smallest absolute Gasteiger partial charge is 0.213 e. The summed E-state index contributed by atoms with van der Waals surface area (Å²) < 4.78 is 1.72. The SMILES string of the molecule is CCCc1c(-c2ccc(C)cc2)nn(CCC)c1O. The van der Waals surface area contributed by atoms with Crippen LogP contribution < -0.4 is 0 Å². The van der Waals surface area contributed by atoms with Crippen molar-refractivity contribution in [3.8, 4) is 17.1 Å². The van der Waals surface area contributed by atoms with E-state index in [0.29, 0.717) is 5.88 Å². The van der Waals surface area contributed by atoms with Crippen molar-refractivity contribution < 1.29 is 5.11 Å². The van der Waals surface area contributed by atoms with Crippen molar-refractivity contribution >= 4 is 0 Å². The summed E-state index contributed by atoms with van der Waals surface area (Å²) in [6, 6.07) is 8.32. The molecule has 102 valence electrons. The van der Waals surface area contributed by atoms with E-state index in [4.69, 9.17) is 0 Å². The molecule has 3 nitrogen and oxygen atoms in total. The summed E-state index contributed by atoms with van der Waals surface area (Å²) in [4.78, 5) is 0. The second-order valence-electron chi connectivity index (χ2n) is 4.99. The first-order valence-electron chi connectivity index (χ1n) is 7.03. The molecule has 1 aromatic carbocycles. The Hall–Kier alpha value is -1.77. The molecule has 0 atom stereocenters. The third-order valence-corrected chi connectivity index (χ3v) is 3.28. The van der Waals surface area contributed by atoms with Crippen LogP contribution in [0.1, 0.15) is 37.8 Å². The van der Waals surface area contributed by atoms with Crippen LogP contribution in [-0.4, -0.2) is 14.9 Å². The van der Waals surface area contributed by atoms with E-state index in [0.717, 1.165) is 42.6 Å². The Bertz CT molecular complexity index is 541. The molecular weight excluding hydrogens is 236 g/mol. The van der Waals surface area contributed by atoms with Crippen LogP contribution in [0.3, 0.4) is 0 Å². The van der Waals surface area contributed by atoms with E-state index in [1.54, 1.807) is 4.68 Å². The van der Waals surface area contributed by atoms with Crippen LogP contribution >= 0.6 is 0 Å². The number of aryl methyl sites for hydroxylation is 2. The third-order valence-electron chi connectivity index (χ3n) is 3.28. The Kier molecular flexibility index (Phi) is 4.25. The van der Waals surface area contributed by atoms with Gasteiger partial charge in [-0.15, -0.1) is 0 Å². The van der Waals surface area contributed by atoms with Gasteiger partial charge in [-0.05, 0) is 19.8 Å². The van der Waals surface area contributed by atoms with Crippen molar-refractivity contribution in [2.45, 2.75) is 46.6 Å². The zero-order valence-corrected chi connectivity index (χ0v) is 12.0. The number of hydrogen-bond acceptors (Lipinski definition) is 2. The summed E-state index contributed by atoms with van der Waals surface area (Å²) in [6.45, 7) is 7.04. The highest BCUT2D eigenvalue weighted by molar-refractivity contribution is 5.65. The van der Waals surface area contributed by atoms with Gasteiger partial charge in [0.15, 0.2) is 0 Å². The summed E-state index contributed by atoms with van der Waals surface area (Å²) >= 11 is 0. The minimum atomic E-state index is 0.333. The first-order valence-corrected chi connectivity index (χ1v) is 7.03. The van der Waals surface area contributed by atoms with Crippen LogP contribution in [0.15, 0.2) is 24.3 Å². The monoisotopic (exact) mass is 258 g/mol. The van der Waals surface area contributed by atoms with E-state index in [-0.39, 0.29) is 0 Å². The van der Waals surface area contributed by atoms with Gasteiger partial charge in [0.1, 0.15) is 0 Å². The van der Waals surface area contributed by atoms with Crippen LogP contribution in [-0.2, 0) is 13.0 Å². The molecule has 19 heavy (non-hydrogen) atoms. The van der Waals surface area contributed by atoms with Crippen molar-refractivity contribution in [1.82, 2.24) is 9.78 Å². The number of hydrogen-bond donors (Lipinski definition) is 1. The normalized spacial score (nSPS) is 10.9. The molecule has 1 N–H and O–H groups in total. The molecule has 0 amide bonds. The van der Waals surface area contributed by atoms with Crippen LogP contribution in [0.4, 0.5) is 0 Å². The van der Waals surface area contributed by atoms with Crippen molar-refractivity contribution in [2.24, 2.45) is 0 Å². The minimum Gasteiger partial charge on any atom is -0.493 e. The molecule has 0 aliphatic rings. The molecule has 0 aliphatic heterocycles. The molecule has 1 aromatic heterocycles. The van der Waals surface area contributed by atoms with Crippen molar-refractivity contribution in [2.75, 3.05) is 0 Å². The second-order valence-corrected chi connectivity index (χ2v) is 4.99. The predicted molar refractivity (Wildman–Crippen MR) is 78.4 cm³/mol. The number of benzene rings is 1. The van der Waals surface area contributed by atoms with E-state index < -0.39 is 0 Å². The summed E-state index contributed by atoms with van der Waals surface area (Å²) in [5.74, 6) is 0.333. The summed E-state index contributed by atoms with van der Waals surface area (Å²) in [5, 5.41) is 14.9. The van der Waals surface area contributed by atoms with Gasteiger partial charge in [0.2, 0.25) is 5.88 Å². The zero-order valence-electron chi connectivity index (χ0n) is 12.0. The molecule has 0 spiro atoms. The first-order chi connectivity index (χ1) is 9.17. The molecule has 1 heterocycles. The summed E-state index contributed by atoms with van der Waals surface area (Å²) in [5.41, 5.74) is 4.21. The zero-order chi connectivity index (χ0) is 13.8. The second kappa shape index (κ2) is 5.91. The van der Waals surface area contributed by atoms with Crippen LogP contribution in [0, 0.1) is 6.92 Å². The highest BCUT2D eigenvalue weighted by Crippen LogP contribution is 2.31. The van der Waals surface area contributed by atoms with Gasteiger partial charge >= 0.3 is 0 Å². The van der Waals surface area contributed by atoms with Gasteiger partial charge in [-0.2, -0.15) is 5.10 Å². The molecule has 0 bridgehead atoms. The standard InChI is InChI=1S/C16H22N2O/c1-4-6-14-15(13-9-7-12(3)8-10-13)17-18(11-5-2)16(14)19/h7-10,19H,4-6,11H2,1-3H3. The molecule has 3 heteroatoms. The fourth-order valence-corrected chi connectivity index (χ4v) is 2.28. The number of rotatable bonds is 5. The molecule has 0 unspecified atom stereocenters. The quantitative estimate of drug-likeness (QED) is 0.882. The number of nitrogens with zero attached hydrogens (tertiary/aromatic N) is 2. The molecule has 0 fully saturated rings. The fourth-order valence-electron chi connectivity index (χ4n) is 2.28. The molecule has 2 rings (SSSR count). The lowest BCUT2D eigenvalue weighted by Crippen LogP contribution is -1.98. The van der Waals surface area contributed by atoms with Gasteiger partial charge in [0, 0.05) is 17.7 Å². The average Bonchev–Trinajstić information content (AvgIpc) is 2.70. The van der Waals surface area contributed by atoms with Gasteiger partial charge in [-0.3, -0.25) is 0 Å². The Labute approximate surface area is 114 Å². The van der Waals surface area contributed by atoms with Gasteiger partial charge < -0.3 is 5.11 Å². The Morgan fingerprint density at radius 2 is 1.79 bits per heavy atom. The Balaban J connectivity index is 2.48. The molecule has 0 aliphatic carbocycles. The largest absolute Gasteiger partial charge is 0.493 e. The van der Waals surface area contributed by atoms with Crippen LogP contribution in [0.5, 0.6) is 5.88 Å². The van der Waals surface area contributed by atoms with Gasteiger partial charge in [0.25, 0.3) is 0 Å². The van der Waals surface area contributed by atoms with E-state index in [1.165, 1.54) is 5.56 Å². The maximum absolute atomic E-state index is 10.3. The first kappa shape index (κ1) is 13.7. The fraction of sp³-hybridized carbons (Fsp3) is 0.438. The van der Waals surface area contributed by atoms with Crippen LogP contribution in [0.25, 0.3) is 11.3 Å². The van der Waals surface area contributed by atoms with Crippen LogP contribution in [0.2, 0.25) is 0 Å². The van der Waals surface area contributed by atoms with Gasteiger partial charge in [-0.25, -0.2) is 4.68 Å². The van der Waals surface area contributed by atoms with E-state index in [9.17, 15) is 5.11 Å². The highest BCUT2D eigenvalue weighted by atomic mass is 16.3. The lowest BCUT2D eigenvalue weighted by atomic mass is 10.0. The maximum atomic E-state index is 10.3. The molecule has 0 saturated heterocycles. The highest BCUT2D eigenvalue weighted by Gasteiger charge is 2.17. The number of aromatic hydroxyl groups is 1.